The van der Waals surface area contributed by atoms with Gasteiger partial charge in [-0.25, -0.2) is 0 Å². The van der Waals surface area contributed by atoms with Crippen LogP contribution in [0.3, 0.4) is 0 Å². The van der Waals surface area contributed by atoms with Crippen molar-refractivity contribution in [3.05, 3.63) is 12.7 Å². The molecular formula is C4H13ClN2. The molecule has 0 spiro atoms. The molecule has 3 heteroatoms. The summed E-state index contributed by atoms with van der Waals surface area (Å²) in [7, 11) is 0. The third-order valence-electron chi connectivity index (χ3n) is 0. The van der Waals surface area contributed by atoms with Gasteiger partial charge in [-0.15, -0.1) is 18.2 Å². The number of hydrogen-bond acceptors (Lipinski definition) is 2. The largest absolute Gasteiger partial charge is 0.274 e. The molecule has 0 fully saturated rings. The van der Waals surface area contributed by atoms with Crippen molar-refractivity contribution in [3.63, 3.8) is 0 Å². The van der Waals surface area contributed by atoms with Gasteiger partial charge in [0.15, 0.2) is 0 Å². The summed E-state index contributed by atoms with van der Waals surface area (Å²) in [5, 5.41) is 0. The highest BCUT2D eigenvalue weighted by Gasteiger charge is 1.15. The van der Waals surface area contributed by atoms with Crippen molar-refractivity contribution >= 4 is 11.6 Å². The summed E-state index contributed by atoms with van der Waals surface area (Å²) < 4.78 is 0. The molecule has 0 heterocycles. The first-order valence-corrected chi connectivity index (χ1v) is 2.45. The van der Waals surface area contributed by atoms with E-state index in [9.17, 15) is 0 Å². The van der Waals surface area contributed by atoms with E-state index in [0.717, 1.165) is 0 Å². The minimum atomic E-state index is 1.47. The Morgan fingerprint density at radius 2 is 1.43 bits per heavy atom. The number of nitrogens with two attached hydrogens (primary N) is 2. The van der Waals surface area contributed by atoms with Crippen LogP contribution in [0.2, 0.25) is 0 Å². The van der Waals surface area contributed by atoms with Crippen LogP contribution in [0.4, 0.5) is 0 Å². The molecular weight excluding hydrogens is 112 g/mol. The van der Waals surface area contributed by atoms with E-state index in [0.29, 0.717) is 0 Å². The van der Waals surface area contributed by atoms with Crippen molar-refractivity contribution in [2.45, 2.75) is 6.92 Å². The molecule has 0 aliphatic heterocycles. The van der Waals surface area contributed by atoms with Gasteiger partial charge >= 0.3 is 0 Å². The molecule has 7 heavy (non-hydrogen) atoms. The van der Waals surface area contributed by atoms with Gasteiger partial charge in [-0.05, 0) is 6.92 Å². The van der Waals surface area contributed by atoms with Crippen LogP contribution in [-0.2, 0) is 0 Å². The van der Waals surface area contributed by atoms with Crippen molar-refractivity contribution in [2.24, 2.45) is 11.7 Å². The molecule has 0 atom stereocenters. The Morgan fingerprint density at radius 3 is 1.43 bits per heavy atom. The molecule has 0 aromatic carbocycles. The highest BCUT2D eigenvalue weighted by molar-refractivity contribution is 6.15. The maximum absolute atomic E-state index is 4.64. The van der Waals surface area contributed by atoms with Gasteiger partial charge in [-0.3, -0.25) is 11.7 Å². The van der Waals surface area contributed by atoms with Crippen LogP contribution in [0.15, 0.2) is 12.7 Å². The maximum Gasteiger partial charge on any atom is 0.0108 e. The molecule has 0 saturated heterocycles. The van der Waals surface area contributed by atoms with Crippen LogP contribution in [-0.4, -0.2) is 6.38 Å². The van der Waals surface area contributed by atoms with Crippen molar-refractivity contribution < 1.29 is 0 Å². The summed E-state index contributed by atoms with van der Waals surface area (Å²) in [6, 6.07) is 0. The molecule has 0 aromatic rings. The van der Waals surface area contributed by atoms with Gasteiger partial charge in [0.25, 0.3) is 0 Å². The molecule has 0 amide bonds. The van der Waals surface area contributed by atoms with Gasteiger partial charge in [0, 0.05) is 6.38 Å². The van der Waals surface area contributed by atoms with Crippen molar-refractivity contribution in [3.8, 4) is 0 Å². The molecule has 0 bridgehead atoms. The van der Waals surface area contributed by atoms with Gasteiger partial charge in [-0.1, -0.05) is 6.08 Å². The van der Waals surface area contributed by atoms with E-state index in [1.54, 1.807) is 6.08 Å². The normalized spacial score (nSPS) is 3.57. The predicted molar refractivity (Wildman–Crippen MR) is 36.0 cm³/mol. The fourth-order valence-electron chi connectivity index (χ4n) is 0. The van der Waals surface area contributed by atoms with Crippen LogP contribution < -0.4 is 11.7 Å². The Labute approximate surface area is 50.1 Å². The summed E-state index contributed by atoms with van der Waals surface area (Å²) in [5.41, 5.74) is 0. The second-order valence-corrected chi connectivity index (χ2v) is 0.408. The minimum absolute atomic E-state index is 1.47. The Balaban J connectivity index is -0.0000000360. The van der Waals surface area contributed by atoms with Crippen molar-refractivity contribution in [1.29, 1.82) is 0 Å². The lowest BCUT2D eigenvalue weighted by Gasteiger charge is -1.31. The number of hydrazine groups is 1. The molecule has 4 N–H and O–H groups in total. The van der Waals surface area contributed by atoms with Gasteiger partial charge < -0.3 is 0 Å². The monoisotopic (exact) mass is 124 g/mol. The molecule has 0 rings (SSSR count). The first-order valence-electron chi connectivity index (χ1n) is 1.70. The molecule has 0 unspecified atom stereocenters. The Morgan fingerprint density at radius 1 is 1.43 bits per heavy atom. The topological polar surface area (TPSA) is 52.0 Å². The quantitative estimate of drug-likeness (QED) is 0.218. The Bertz CT molecular complexity index is 17.2. The van der Waals surface area contributed by atoms with Crippen molar-refractivity contribution in [1.82, 2.24) is 0 Å². The van der Waals surface area contributed by atoms with Gasteiger partial charge in [-0.2, -0.15) is 0 Å². The molecule has 46 valence electrons. The second kappa shape index (κ2) is 162. The zero-order valence-corrected chi connectivity index (χ0v) is 5.57. The summed E-state index contributed by atoms with van der Waals surface area (Å²) in [4.78, 5) is 0. The third kappa shape index (κ3) is 37100. The number of rotatable bonds is 0. The van der Waals surface area contributed by atoms with Gasteiger partial charge in [0.1, 0.15) is 0 Å². The maximum atomic E-state index is 4.64. The van der Waals surface area contributed by atoms with E-state index in [4.69, 9.17) is 0 Å². The van der Waals surface area contributed by atoms with Crippen LogP contribution >= 0.6 is 11.6 Å². The average Bonchev–Trinajstić information content (AvgIpc) is 1.78. The molecule has 0 aromatic heterocycles. The first-order chi connectivity index (χ1) is 3.41. The SMILES string of the molecule is C=CC.CCl.NN. The lowest BCUT2D eigenvalue weighted by atomic mass is 10.8. The molecule has 0 saturated carbocycles. The highest BCUT2D eigenvalue weighted by atomic mass is 35.5. The van der Waals surface area contributed by atoms with Crippen LogP contribution in [0.5, 0.6) is 0 Å². The van der Waals surface area contributed by atoms with E-state index in [2.05, 4.69) is 29.9 Å². The number of alkyl halides is 1. The lowest BCUT2D eigenvalue weighted by Crippen LogP contribution is -2.02. The fourth-order valence-corrected chi connectivity index (χ4v) is 0. The standard InChI is InChI=1S/C3H6.CH3Cl.H4N2/c1-3-2;2*1-2/h3H,1H2,2H3;1H3;1-2H2. The van der Waals surface area contributed by atoms with E-state index >= 15 is 0 Å². The lowest BCUT2D eigenvalue weighted by molar-refractivity contribution is 1.26. The molecule has 0 aliphatic rings. The van der Waals surface area contributed by atoms with E-state index < -0.39 is 0 Å². The summed E-state index contributed by atoms with van der Waals surface area (Å²) in [6.45, 7) is 5.25. The zero-order chi connectivity index (χ0) is 6.71. The second-order valence-electron chi connectivity index (χ2n) is 0.408. The zero-order valence-electron chi connectivity index (χ0n) is 4.82. The highest BCUT2D eigenvalue weighted by Crippen LogP contribution is 1.38. The van der Waals surface area contributed by atoms with E-state index in [1.807, 2.05) is 6.92 Å². The average molecular weight is 125 g/mol. The number of hydrogen-bond donors (Lipinski definition) is 2. The Hall–Kier alpha value is -0.0500. The van der Waals surface area contributed by atoms with E-state index in [1.165, 1.54) is 6.38 Å². The summed E-state index contributed by atoms with van der Waals surface area (Å²) >= 11 is 4.64. The Kier molecular flexibility index (Phi) is 364. The summed E-state index contributed by atoms with van der Waals surface area (Å²) in [5.74, 6) is 8.00. The molecule has 2 nitrogen and oxygen atoms in total. The number of halogens is 1. The molecule has 0 aliphatic carbocycles. The van der Waals surface area contributed by atoms with E-state index in [-0.39, 0.29) is 0 Å². The van der Waals surface area contributed by atoms with Gasteiger partial charge in [0.2, 0.25) is 0 Å². The molecule has 0 radical (unpaired) electrons. The van der Waals surface area contributed by atoms with Crippen molar-refractivity contribution in [2.75, 3.05) is 6.38 Å². The first kappa shape index (κ1) is 15.8. The van der Waals surface area contributed by atoms with Gasteiger partial charge in [0.05, 0.1) is 0 Å². The smallest absolute Gasteiger partial charge is 0.0108 e. The minimum Gasteiger partial charge on any atom is -0.274 e. The third-order valence-corrected chi connectivity index (χ3v) is 0. The van der Waals surface area contributed by atoms with Crippen LogP contribution in [0, 0.1) is 0 Å². The fraction of sp³-hybridized carbons (Fsp3) is 0.500. The summed E-state index contributed by atoms with van der Waals surface area (Å²) in [6.07, 6.45) is 3.22. The number of allylic oxidation sites excluding steroid dienone is 1. The van der Waals surface area contributed by atoms with Crippen LogP contribution in [0.1, 0.15) is 6.92 Å². The van der Waals surface area contributed by atoms with Crippen LogP contribution in [0.25, 0.3) is 0 Å². The predicted octanol–water partition coefficient (Wildman–Crippen LogP) is 0.866.